The maximum absolute atomic E-state index is 12.2. The number of para-hydroxylation sites is 1. The van der Waals surface area contributed by atoms with Gasteiger partial charge in [0.05, 0.1) is 0 Å². The molecule has 0 radical (unpaired) electrons. The molecule has 2 atom stereocenters. The molecule has 1 aromatic rings. The van der Waals surface area contributed by atoms with Crippen LogP contribution in [0.3, 0.4) is 0 Å². The minimum absolute atomic E-state index is 0.0854. The highest BCUT2D eigenvalue weighted by Gasteiger charge is 2.29. The summed E-state index contributed by atoms with van der Waals surface area (Å²) in [5, 5.41) is 0. The summed E-state index contributed by atoms with van der Waals surface area (Å²) in [7, 11) is -1.37. The van der Waals surface area contributed by atoms with E-state index in [1.807, 2.05) is 44.3 Å². The molecule has 0 aromatic heterocycles. The Morgan fingerprint density at radius 3 is 2.62 bits per heavy atom. The molecule has 1 saturated heterocycles. The summed E-state index contributed by atoms with van der Waals surface area (Å²) in [5.74, 6) is 0.450. The van der Waals surface area contributed by atoms with E-state index in [1.54, 1.807) is 4.31 Å². The molecule has 0 saturated carbocycles. The highest BCUT2D eigenvalue weighted by atomic mass is 32.2. The fraction of sp³-hybridized carbons (Fsp3) is 0.600. The van der Waals surface area contributed by atoms with E-state index in [0.29, 0.717) is 25.6 Å². The van der Waals surface area contributed by atoms with Crippen molar-refractivity contribution in [1.29, 1.82) is 0 Å². The van der Waals surface area contributed by atoms with Gasteiger partial charge in [-0.25, -0.2) is 4.72 Å². The van der Waals surface area contributed by atoms with Crippen LogP contribution in [-0.2, 0) is 10.2 Å². The standard InChI is InChI=1S/C15H25N3O2S/c1-13-9-10-18(12-13)21(19,20)16-11-14(2)17(3)15-7-5-4-6-8-15/h4-8,13-14,16H,9-12H2,1-3H3/t13-,14-/m1/s1. The summed E-state index contributed by atoms with van der Waals surface area (Å²) >= 11 is 0. The summed E-state index contributed by atoms with van der Waals surface area (Å²) in [6, 6.07) is 10.1. The first-order valence-corrected chi connectivity index (χ1v) is 8.87. The second-order valence-corrected chi connectivity index (χ2v) is 7.66. The van der Waals surface area contributed by atoms with Gasteiger partial charge in [-0.05, 0) is 31.4 Å². The predicted molar refractivity (Wildman–Crippen MR) is 86.6 cm³/mol. The van der Waals surface area contributed by atoms with Crippen LogP contribution < -0.4 is 9.62 Å². The first kappa shape index (κ1) is 16.3. The molecule has 1 aliphatic rings. The number of nitrogens with zero attached hydrogens (tertiary/aromatic N) is 2. The van der Waals surface area contributed by atoms with Gasteiger partial charge in [0.2, 0.25) is 0 Å². The van der Waals surface area contributed by atoms with E-state index >= 15 is 0 Å². The normalized spacial score (nSPS) is 21.4. The lowest BCUT2D eigenvalue weighted by Crippen LogP contribution is -2.45. The summed E-state index contributed by atoms with van der Waals surface area (Å²) in [5.41, 5.74) is 1.08. The second-order valence-electron chi connectivity index (χ2n) is 5.90. The van der Waals surface area contributed by atoms with E-state index < -0.39 is 10.2 Å². The van der Waals surface area contributed by atoms with Crippen LogP contribution in [0.5, 0.6) is 0 Å². The van der Waals surface area contributed by atoms with Crippen LogP contribution in [-0.4, -0.2) is 45.4 Å². The smallest absolute Gasteiger partial charge is 0.279 e. The van der Waals surface area contributed by atoms with Crippen molar-refractivity contribution in [3.63, 3.8) is 0 Å². The number of benzene rings is 1. The molecule has 2 rings (SSSR count). The van der Waals surface area contributed by atoms with Gasteiger partial charge in [0.1, 0.15) is 0 Å². The molecule has 1 N–H and O–H groups in total. The summed E-state index contributed by atoms with van der Waals surface area (Å²) in [6.07, 6.45) is 0.945. The molecule has 1 aliphatic heterocycles. The van der Waals surface area contributed by atoms with Crippen molar-refractivity contribution in [2.45, 2.75) is 26.3 Å². The maximum Gasteiger partial charge on any atom is 0.279 e. The third-order valence-electron chi connectivity index (χ3n) is 4.11. The van der Waals surface area contributed by atoms with E-state index in [4.69, 9.17) is 0 Å². The molecule has 118 valence electrons. The van der Waals surface area contributed by atoms with Crippen LogP contribution >= 0.6 is 0 Å². The van der Waals surface area contributed by atoms with E-state index in [0.717, 1.165) is 12.1 Å². The van der Waals surface area contributed by atoms with E-state index in [2.05, 4.69) is 16.5 Å². The Morgan fingerprint density at radius 1 is 1.38 bits per heavy atom. The maximum atomic E-state index is 12.2. The number of likely N-dealkylation sites (N-methyl/N-ethyl adjacent to an activating group) is 1. The summed E-state index contributed by atoms with van der Waals surface area (Å²) < 4.78 is 28.8. The molecule has 6 heteroatoms. The largest absolute Gasteiger partial charge is 0.371 e. The minimum atomic E-state index is -3.35. The molecule has 21 heavy (non-hydrogen) atoms. The van der Waals surface area contributed by atoms with Crippen LogP contribution in [0, 0.1) is 5.92 Å². The van der Waals surface area contributed by atoms with Gasteiger partial charge >= 0.3 is 0 Å². The fourth-order valence-corrected chi connectivity index (χ4v) is 3.92. The van der Waals surface area contributed by atoms with Gasteiger partial charge < -0.3 is 4.90 Å². The van der Waals surface area contributed by atoms with Gasteiger partial charge in [-0.2, -0.15) is 12.7 Å². The SMILES string of the molecule is C[C@@H]1CCN(S(=O)(=O)NC[C@@H](C)N(C)c2ccccc2)C1. The van der Waals surface area contributed by atoms with E-state index in [9.17, 15) is 8.42 Å². The van der Waals surface area contributed by atoms with Crippen molar-refractivity contribution >= 4 is 15.9 Å². The molecule has 1 aromatic carbocycles. The van der Waals surface area contributed by atoms with Gasteiger partial charge in [-0.1, -0.05) is 25.1 Å². The van der Waals surface area contributed by atoms with Gasteiger partial charge in [-0.3, -0.25) is 0 Å². The zero-order chi connectivity index (χ0) is 15.5. The fourth-order valence-electron chi connectivity index (χ4n) is 2.48. The van der Waals surface area contributed by atoms with Crippen LogP contribution in [0.2, 0.25) is 0 Å². The van der Waals surface area contributed by atoms with E-state index in [1.165, 1.54) is 0 Å². The third-order valence-corrected chi connectivity index (χ3v) is 5.66. The van der Waals surface area contributed by atoms with Gasteiger partial charge in [0, 0.05) is 38.4 Å². The Balaban J connectivity index is 1.90. The lowest BCUT2D eigenvalue weighted by molar-refractivity contribution is 0.450. The molecule has 0 spiro atoms. The average molecular weight is 311 g/mol. The Labute approximate surface area is 128 Å². The lowest BCUT2D eigenvalue weighted by Gasteiger charge is -2.28. The van der Waals surface area contributed by atoms with Crippen LogP contribution in [0.15, 0.2) is 30.3 Å². The Bertz CT molecular complexity index is 547. The molecule has 0 unspecified atom stereocenters. The van der Waals surface area contributed by atoms with Crippen molar-refractivity contribution in [3.05, 3.63) is 30.3 Å². The monoisotopic (exact) mass is 311 g/mol. The number of rotatable bonds is 6. The summed E-state index contributed by atoms with van der Waals surface area (Å²) in [4.78, 5) is 2.08. The highest BCUT2D eigenvalue weighted by molar-refractivity contribution is 7.87. The molecule has 0 bridgehead atoms. The molecule has 0 aliphatic carbocycles. The number of nitrogens with one attached hydrogen (secondary N) is 1. The van der Waals surface area contributed by atoms with Gasteiger partial charge in [-0.15, -0.1) is 0 Å². The van der Waals surface area contributed by atoms with Crippen molar-refractivity contribution < 1.29 is 8.42 Å². The first-order valence-electron chi connectivity index (χ1n) is 7.43. The van der Waals surface area contributed by atoms with Crippen molar-refractivity contribution in [3.8, 4) is 0 Å². The topological polar surface area (TPSA) is 52.7 Å². The summed E-state index contributed by atoms with van der Waals surface area (Å²) in [6.45, 7) is 5.75. The second kappa shape index (κ2) is 6.77. The molecular formula is C15H25N3O2S. The minimum Gasteiger partial charge on any atom is -0.371 e. The molecule has 1 heterocycles. The predicted octanol–water partition coefficient (Wildman–Crippen LogP) is 1.69. The quantitative estimate of drug-likeness (QED) is 0.870. The molecular weight excluding hydrogens is 286 g/mol. The Morgan fingerprint density at radius 2 is 2.05 bits per heavy atom. The molecule has 5 nitrogen and oxygen atoms in total. The van der Waals surface area contributed by atoms with Crippen molar-refractivity contribution in [2.75, 3.05) is 31.6 Å². The van der Waals surface area contributed by atoms with Crippen LogP contribution in [0.4, 0.5) is 5.69 Å². The van der Waals surface area contributed by atoms with Gasteiger partial charge in [0.25, 0.3) is 10.2 Å². The van der Waals surface area contributed by atoms with Gasteiger partial charge in [0.15, 0.2) is 0 Å². The third kappa shape index (κ3) is 4.18. The zero-order valence-corrected chi connectivity index (χ0v) is 13.8. The zero-order valence-electron chi connectivity index (χ0n) is 13.0. The highest BCUT2D eigenvalue weighted by Crippen LogP contribution is 2.18. The van der Waals surface area contributed by atoms with Crippen LogP contribution in [0.25, 0.3) is 0 Å². The first-order chi connectivity index (χ1) is 9.90. The molecule has 0 amide bonds. The number of anilines is 1. The lowest BCUT2D eigenvalue weighted by atomic mass is 10.2. The van der Waals surface area contributed by atoms with E-state index in [-0.39, 0.29) is 6.04 Å². The average Bonchev–Trinajstić information content (AvgIpc) is 2.92. The van der Waals surface area contributed by atoms with Crippen molar-refractivity contribution in [1.82, 2.24) is 9.03 Å². The van der Waals surface area contributed by atoms with Crippen molar-refractivity contribution in [2.24, 2.45) is 5.92 Å². The van der Waals surface area contributed by atoms with Crippen LogP contribution in [0.1, 0.15) is 20.3 Å². The molecule has 1 fully saturated rings. The number of hydrogen-bond donors (Lipinski definition) is 1. The number of hydrogen-bond acceptors (Lipinski definition) is 3. The Kier molecular flexibility index (Phi) is 5.24. The Hall–Kier alpha value is -1.11.